The Morgan fingerprint density at radius 1 is 1.25 bits per heavy atom. The van der Waals surface area contributed by atoms with E-state index in [1.165, 1.54) is 38.6 Å². The van der Waals surface area contributed by atoms with Crippen LogP contribution < -0.4 is 14.8 Å². The molecular formula is C21H30Cl2N4O6S2Si. The van der Waals surface area contributed by atoms with Crippen LogP contribution in [0.1, 0.15) is 0 Å². The fourth-order valence-corrected chi connectivity index (χ4v) is 6.25. The summed E-state index contributed by atoms with van der Waals surface area (Å²) in [6.07, 6.45) is 1.36. The van der Waals surface area contributed by atoms with Crippen LogP contribution in [0, 0.1) is 0 Å². The molecule has 2 aromatic rings. The highest BCUT2D eigenvalue weighted by molar-refractivity contribution is 7.99. The maximum atomic E-state index is 13.7. The first kappa shape index (κ1) is 30.6. The van der Waals surface area contributed by atoms with Gasteiger partial charge in [-0.1, -0.05) is 48.9 Å². The molecular weight excluding hydrogens is 567 g/mol. The molecule has 2 rings (SSSR count). The van der Waals surface area contributed by atoms with Crippen LogP contribution in [0.5, 0.6) is 5.88 Å². The van der Waals surface area contributed by atoms with Crippen molar-refractivity contribution in [1.29, 1.82) is 0 Å². The molecule has 36 heavy (non-hydrogen) atoms. The Labute approximate surface area is 226 Å². The van der Waals surface area contributed by atoms with Gasteiger partial charge < -0.3 is 19.9 Å². The second-order valence-electron chi connectivity index (χ2n) is 8.74. The van der Waals surface area contributed by atoms with Crippen LogP contribution in [0.4, 0.5) is 5.82 Å². The molecule has 200 valence electrons. The van der Waals surface area contributed by atoms with Gasteiger partial charge in [0.15, 0.2) is 0 Å². The van der Waals surface area contributed by atoms with Crippen molar-refractivity contribution in [2.45, 2.75) is 41.6 Å². The number of nitrogens with zero attached hydrogens (tertiary/aromatic N) is 3. The van der Waals surface area contributed by atoms with E-state index in [4.69, 9.17) is 38.4 Å². The molecule has 1 aromatic carbocycles. The third-order valence-electron chi connectivity index (χ3n) is 4.73. The number of halogens is 2. The minimum atomic E-state index is -4.28. The van der Waals surface area contributed by atoms with E-state index in [0.29, 0.717) is 11.6 Å². The number of thioether (sulfide) groups is 1. The molecule has 0 aliphatic rings. The van der Waals surface area contributed by atoms with Gasteiger partial charge in [-0.25, -0.2) is 22.7 Å². The number of anilines is 1. The molecule has 2 N–H and O–H groups in total. The third kappa shape index (κ3) is 8.20. The zero-order valence-electron chi connectivity index (χ0n) is 20.7. The smallest absolute Gasteiger partial charge is 0.323 e. The number of methoxy groups -OCH3 is 2. The highest BCUT2D eigenvalue weighted by Gasteiger charge is 2.32. The quantitative estimate of drug-likeness (QED) is 0.119. The number of rotatable bonds is 13. The van der Waals surface area contributed by atoms with Gasteiger partial charge in [-0.05, 0) is 18.2 Å². The fraction of sp³-hybridized carbons (Fsp3) is 0.476. The van der Waals surface area contributed by atoms with E-state index in [2.05, 4.69) is 34.3 Å². The van der Waals surface area contributed by atoms with Gasteiger partial charge in [-0.2, -0.15) is 0 Å². The molecule has 0 unspecified atom stereocenters. The maximum Gasteiger partial charge on any atom is 0.323 e. The number of ether oxygens (including phenoxy) is 3. The normalized spacial score (nSPS) is 12.8. The number of carbonyl (C=O) groups is 1. The lowest BCUT2D eigenvalue weighted by Crippen LogP contribution is -2.35. The minimum absolute atomic E-state index is 0.0674. The average molecular weight is 598 g/mol. The molecule has 1 atom stereocenters. The highest BCUT2D eigenvalue weighted by Crippen LogP contribution is 2.35. The lowest BCUT2D eigenvalue weighted by Gasteiger charge is -2.25. The summed E-state index contributed by atoms with van der Waals surface area (Å²) < 4.78 is 44.1. The summed E-state index contributed by atoms with van der Waals surface area (Å²) in [6.45, 7) is 6.58. The van der Waals surface area contributed by atoms with Gasteiger partial charge in [0.1, 0.15) is 22.7 Å². The van der Waals surface area contributed by atoms with Crippen molar-refractivity contribution in [2.24, 2.45) is 5.73 Å². The van der Waals surface area contributed by atoms with Crippen molar-refractivity contribution in [3.05, 3.63) is 34.4 Å². The molecule has 0 bridgehead atoms. The number of esters is 1. The van der Waals surface area contributed by atoms with Crippen LogP contribution in [-0.4, -0.2) is 71.8 Å². The van der Waals surface area contributed by atoms with Crippen molar-refractivity contribution in [1.82, 2.24) is 9.97 Å². The number of hydrogen-bond donors (Lipinski definition) is 1. The summed E-state index contributed by atoms with van der Waals surface area (Å²) >= 11 is 13.5. The standard InChI is InChI=1S/C21H30Cl2N4O6S2Si/c1-31-20-19(25-11-17(26-20)34-12-15(24)21(28)32-2)27(13-33-9-10-36(3,4)5)35(29,30)16-8-6-7-14(22)18(16)23/h6-8,11,15H,9-10,12-13,24H2,1-5H3/t15-/m0/s1. The molecule has 0 amide bonds. The zero-order valence-corrected chi connectivity index (χ0v) is 24.8. The van der Waals surface area contributed by atoms with Crippen LogP contribution in [0.15, 0.2) is 34.3 Å². The Morgan fingerprint density at radius 3 is 2.56 bits per heavy atom. The molecule has 0 spiro atoms. The first-order chi connectivity index (χ1) is 16.8. The van der Waals surface area contributed by atoms with Crippen LogP contribution in [0.2, 0.25) is 35.7 Å². The van der Waals surface area contributed by atoms with E-state index < -0.39 is 30.1 Å². The predicted octanol–water partition coefficient (Wildman–Crippen LogP) is 3.89. The lowest BCUT2D eigenvalue weighted by atomic mass is 10.4. The number of aromatic nitrogens is 2. The van der Waals surface area contributed by atoms with Gasteiger partial charge in [-0.15, -0.1) is 11.8 Å². The Morgan fingerprint density at radius 2 is 1.94 bits per heavy atom. The molecule has 0 saturated carbocycles. The SMILES string of the molecule is COC(=O)[C@@H](N)CSc1cnc(N(COCC[Si](C)(C)C)S(=O)(=O)c2cccc(Cl)c2Cl)c(OC)n1. The van der Waals surface area contributed by atoms with Crippen molar-refractivity contribution < 1.29 is 27.4 Å². The summed E-state index contributed by atoms with van der Waals surface area (Å²) in [7, 11) is -3.11. The molecule has 0 aliphatic carbocycles. The van der Waals surface area contributed by atoms with Crippen molar-refractivity contribution in [3.8, 4) is 5.88 Å². The summed E-state index contributed by atoms with van der Waals surface area (Å²) in [6, 6.07) is 4.28. The van der Waals surface area contributed by atoms with E-state index in [1.807, 2.05) is 0 Å². The van der Waals surface area contributed by atoms with Crippen LogP contribution in [0.25, 0.3) is 0 Å². The maximum absolute atomic E-state index is 13.7. The summed E-state index contributed by atoms with van der Waals surface area (Å²) in [4.78, 5) is 20.0. The topological polar surface area (TPSA) is 134 Å². The van der Waals surface area contributed by atoms with E-state index in [1.54, 1.807) is 0 Å². The van der Waals surface area contributed by atoms with Gasteiger partial charge in [0, 0.05) is 20.4 Å². The Balaban J connectivity index is 2.43. The molecule has 10 nitrogen and oxygen atoms in total. The van der Waals surface area contributed by atoms with Crippen LogP contribution in [-0.2, 0) is 24.3 Å². The number of hydrogen-bond acceptors (Lipinski definition) is 10. The first-order valence-electron chi connectivity index (χ1n) is 10.7. The average Bonchev–Trinajstić information content (AvgIpc) is 2.82. The Bertz CT molecular complexity index is 1170. The fourth-order valence-electron chi connectivity index (χ4n) is 2.69. The van der Waals surface area contributed by atoms with Gasteiger partial charge in [0.2, 0.25) is 5.82 Å². The number of nitrogens with two attached hydrogens (primary N) is 1. The Hall–Kier alpha value is -1.61. The molecule has 1 aromatic heterocycles. The molecule has 0 fully saturated rings. The van der Waals surface area contributed by atoms with E-state index >= 15 is 0 Å². The second kappa shape index (κ2) is 13.3. The van der Waals surface area contributed by atoms with Crippen molar-refractivity contribution in [3.63, 3.8) is 0 Å². The third-order valence-corrected chi connectivity index (χ3v) is 10.1. The number of benzene rings is 1. The molecule has 0 aliphatic heterocycles. The van der Waals surface area contributed by atoms with Gasteiger partial charge in [-0.3, -0.25) is 4.79 Å². The van der Waals surface area contributed by atoms with Gasteiger partial charge in [0.05, 0.1) is 30.5 Å². The largest absolute Gasteiger partial charge is 0.478 e. The molecule has 15 heteroatoms. The van der Waals surface area contributed by atoms with Crippen LogP contribution >= 0.6 is 35.0 Å². The summed E-state index contributed by atoms with van der Waals surface area (Å²) in [5.74, 6) is -0.556. The molecule has 0 radical (unpaired) electrons. The van der Waals surface area contributed by atoms with E-state index in [0.717, 1.165) is 22.1 Å². The number of sulfonamides is 1. The Kier molecular flexibility index (Phi) is 11.3. The zero-order chi connectivity index (χ0) is 27.1. The monoisotopic (exact) mass is 596 g/mol. The predicted molar refractivity (Wildman–Crippen MR) is 144 cm³/mol. The van der Waals surface area contributed by atoms with E-state index in [9.17, 15) is 13.2 Å². The molecule has 1 heterocycles. The lowest BCUT2D eigenvalue weighted by molar-refractivity contribution is -0.141. The first-order valence-corrected chi connectivity index (χ1v) is 17.6. The number of carbonyl (C=O) groups excluding carboxylic acids is 1. The second-order valence-corrected chi connectivity index (χ2v) is 18.0. The minimum Gasteiger partial charge on any atom is -0.478 e. The molecule has 0 saturated heterocycles. The summed E-state index contributed by atoms with van der Waals surface area (Å²) in [5, 5.41) is 0.332. The van der Waals surface area contributed by atoms with Gasteiger partial charge >= 0.3 is 5.97 Å². The van der Waals surface area contributed by atoms with Crippen molar-refractivity contribution in [2.75, 3.05) is 37.6 Å². The summed E-state index contributed by atoms with van der Waals surface area (Å²) in [5.41, 5.74) is 5.77. The van der Waals surface area contributed by atoms with E-state index in [-0.39, 0.29) is 39.1 Å². The van der Waals surface area contributed by atoms with Gasteiger partial charge in [0.25, 0.3) is 15.9 Å². The van der Waals surface area contributed by atoms with Crippen molar-refractivity contribution >= 4 is 64.8 Å². The highest BCUT2D eigenvalue weighted by atomic mass is 35.5. The van der Waals surface area contributed by atoms with Crippen LogP contribution in [0.3, 0.4) is 0 Å².